The molecule has 1 fully saturated rings. The van der Waals surface area contributed by atoms with Crippen LogP contribution in [-0.4, -0.2) is 24.2 Å². The molecule has 1 aromatic rings. The van der Waals surface area contributed by atoms with Gasteiger partial charge in [0.2, 0.25) is 0 Å². The quantitative estimate of drug-likeness (QED) is 0.916. The summed E-state index contributed by atoms with van der Waals surface area (Å²) < 4.78 is 5.74. The van der Waals surface area contributed by atoms with Crippen molar-refractivity contribution in [3.05, 3.63) is 28.3 Å². The Bertz CT molecular complexity index is 466. The molecule has 1 aromatic carbocycles. The van der Waals surface area contributed by atoms with E-state index in [1.54, 1.807) is 0 Å². The molecule has 3 rings (SSSR count). The minimum absolute atomic E-state index is 0.647. The van der Waals surface area contributed by atoms with E-state index in [-0.39, 0.29) is 0 Å². The number of halogens is 1. The molecule has 4 heteroatoms. The topological polar surface area (TPSA) is 21.3 Å². The average Bonchev–Trinajstić information content (AvgIpc) is 3.03. The van der Waals surface area contributed by atoms with Crippen molar-refractivity contribution in [3.8, 4) is 5.75 Å². The summed E-state index contributed by atoms with van der Waals surface area (Å²) in [6.07, 6.45) is 7.11. The molecule has 1 heterocycles. The molecular weight excluding hydrogens is 278 g/mol. The van der Waals surface area contributed by atoms with Crippen LogP contribution in [0.3, 0.4) is 0 Å². The van der Waals surface area contributed by atoms with E-state index in [0.29, 0.717) is 6.04 Å². The van der Waals surface area contributed by atoms with E-state index in [9.17, 15) is 0 Å². The molecule has 0 radical (unpaired) electrons. The summed E-state index contributed by atoms with van der Waals surface area (Å²) in [6, 6.07) is 4.72. The molecule has 2 aliphatic rings. The molecule has 1 aliphatic heterocycles. The van der Waals surface area contributed by atoms with Crippen molar-refractivity contribution in [1.29, 1.82) is 0 Å². The van der Waals surface area contributed by atoms with Gasteiger partial charge in [-0.15, -0.1) is 0 Å². The zero-order valence-corrected chi connectivity index (χ0v) is 12.8. The van der Waals surface area contributed by atoms with Gasteiger partial charge in [0, 0.05) is 34.8 Å². The van der Waals surface area contributed by atoms with E-state index in [4.69, 9.17) is 16.3 Å². The molecule has 0 aromatic heterocycles. The lowest BCUT2D eigenvalue weighted by atomic mass is 10.1. The molecule has 2 nitrogen and oxygen atoms in total. The Morgan fingerprint density at radius 3 is 3.11 bits per heavy atom. The highest BCUT2D eigenvalue weighted by molar-refractivity contribution is 7.99. The van der Waals surface area contributed by atoms with Crippen LogP contribution in [0.4, 0.5) is 0 Å². The van der Waals surface area contributed by atoms with Crippen molar-refractivity contribution < 1.29 is 4.74 Å². The van der Waals surface area contributed by atoms with Gasteiger partial charge >= 0.3 is 0 Å². The number of benzene rings is 1. The van der Waals surface area contributed by atoms with Crippen LogP contribution in [0.1, 0.15) is 30.4 Å². The monoisotopic (exact) mass is 297 g/mol. The summed E-state index contributed by atoms with van der Waals surface area (Å²) in [5.74, 6) is 1.07. The number of hydrogen-bond donors (Lipinski definition) is 1. The summed E-state index contributed by atoms with van der Waals surface area (Å²) in [5.41, 5.74) is 2.48. The lowest BCUT2D eigenvalue weighted by Crippen LogP contribution is -2.26. The maximum atomic E-state index is 6.18. The third-order valence-corrected chi connectivity index (χ3v) is 5.44. The minimum Gasteiger partial charge on any atom is -0.493 e. The van der Waals surface area contributed by atoms with E-state index in [0.717, 1.165) is 35.6 Å². The summed E-state index contributed by atoms with van der Waals surface area (Å²) in [5, 5.41) is 5.33. The van der Waals surface area contributed by atoms with Gasteiger partial charge in [-0.25, -0.2) is 0 Å². The van der Waals surface area contributed by atoms with E-state index >= 15 is 0 Å². The Hall–Kier alpha value is -0.380. The number of ether oxygens (including phenoxy) is 1. The minimum atomic E-state index is 0.647. The first-order valence-electron chi connectivity index (χ1n) is 6.96. The fourth-order valence-corrected chi connectivity index (χ4v) is 4.13. The molecular formula is C15H20ClNOS. The fourth-order valence-electron chi connectivity index (χ4n) is 3.07. The van der Waals surface area contributed by atoms with Crippen molar-refractivity contribution in [1.82, 2.24) is 5.32 Å². The van der Waals surface area contributed by atoms with Gasteiger partial charge < -0.3 is 10.1 Å². The van der Waals surface area contributed by atoms with Gasteiger partial charge in [-0.1, -0.05) is 11.6 Å². The molecule has 2 unspecified atom stereocenters. The highest BCUT2D eigenvalue weighted by Crippen LogP contribution is 2.33. The van der Waals surface area contributed by atoms with Crippen molar-refractivity contribution in [2.24, 2.45) is 0 Å². The second kappa shape index (κ2) is 5.94. The van der Waals surface area contributed by atoms with Crippen LogP contribution in [0, 0.1) is 0 Å². The first-order chi connectivity index (χ1) is 9.26. The lowest BCUT2D eigenvalue weighted by molar-refractivity contribution is 0.351. The van der Waals surface area contributed by atoms with Crippen LogP contribution < -0.4 is 10.1 Å². The molecule has 1 N–H and O–H groups in total. The van der Waals surface area contributed by atoms with Crippen molar-refractivity contribution >= 4 is 23.4 Å². The Kier molecular flexibility index (Phi) is 4.25. The predicted octanol–water partition coefficient (Wildman–Crippen LogP) is 3.65. The second-order valence-electron chi connectivity index (χ2n) is 5.40. The molecule has 0 saturated heterocycles. The summed E-state index contributed by atoms with van der Waals surface area (Å²) in [6.45, 7) is 1.66. The van der Waals surface area contributed by atoms with Crippen molar-refractivity contribution in [3.63, 3.8) is 0 Å². The molecule has 0 bridgehead atoms. The number of rotatable bonds is 4. The summed E-state index contributed by atoms with van der Waals surface area (Å²) in [4.78, 5) is 0. The largest absolute Gasteiger partial charge is 0.493 e. The van der Waals surface area contributed by atoms with Crippen LogP contribution in [0.25, 0.3) is 0 Å². The van der Waals surface area contributed by atoms with Crippen LogP contribution in [0.5, 0.6) is 5.75 Å². The SMILES string of the molecule is CSC1CCC(NCc2cc(Cl)cc3c2OCC3)C1. The fraction of sp³-hybridized carbons (Fsp3) is 0.600. The van der Waals surface area contributed by atoms with Gasteiger partial charge in [0.15, 0.2) is 0 Å². The molecule has 2 atom stereocenters. The van der Waals surface area contributed by atoms with Gasteiger partial charge in [0.05, 0.1) is 6.61 Å². The lowest BCUT2D eigenvalue weighted by Gasteiger charge is -2.15. The zero-order valence-electron chi connectivity index (χ0n) is 11.2. The third-order valence-electron chi connectivity index (χ3n) is 4.12. The summed E-state index contributed by atoms with van der Waals surface area (Å²) >= 11 is 8.18. The van der Waals surface area contributed by atoms with Crippen LogP contribution in [0.2, 0.25) is 5.02 Å². The van der Waals surface area contributed by atoms with E-state index in [1.807, 2.05) is 23.9 Å². The van der Waals surface area contributed by atoms with Crippen molar-refractivity contribution in [2.75, 3.05) is 12.9 Å². The normalized spacial score (nSPS) is 25.4. The smallest absolute Gasteiger partial charge is 0.127 e. The van der Waals surface area contributed by atoms with Crippen molar-refractivity contribution in [2.45, 2.75) is 43.5 Å². The molecule has 1 saturated carbocycles. The Morgan fingerprint density at radius 2 is 2.32 bits per heavy atom. The molecule has 0 spiro atoms. The maximum Gasteiger partial charge on any atom is 0.127 e. The van der Waals surface area contributed by atoms with Gasteiger partial charge in [-0.2, -0.15) is 11.8 Å². The van der Waals surface area contributed by atoms with E-state index < -0.39 is 0 Å². The van der Waals surface area contributed by atoms with Crippen LogP contribution >= 0.6 is 23.4 Å². The standard InChI is InChI=1S/C15H20ClNOS/c1-19-14-3-2-13(8-14)17-9-11-7-12(16)6-10-4-5-18-15(10)11/h6-7,13-14,17H,2-5,8-9H2,1H3. The Morgan fingerprint density at radius 1 is 1.42 bits per heavy atom. The van der Waals surface area contributed by atoms with Gasteiger partial charge in [0.25, 0.3) is 0 Å². The zero-order chi connectivity index (χ0) is 13.2. The second-order valence-corrected chi connectivity index (χ2v) is 6.97. The van der Waals surface area contributed by atoms with Crippen LogP contribution in [0.15, 0.2) is 12.1 Å². The highest BCUT2D eigenvalue weighted by atomic mass is 35.5. The molecule has 0 amide bonds. The molecule has 19 heavy (non-hydrogen) atoms. The molecule has 1 aliphatic carbocycles. The number of hydrogen-bond acceptors (Lipinski definition) is 3. The number of fused-ring (bicyclic) bond motifs is 1. The van der Waals surface area contributed by atoms with E-state index in [1.165, 1.54) is 30.4 Å². The van der Waals surface area contributed by atoms with E-state index in [2.05, 4.69) is 11.6 Å². The number of nitrogens with one attached hydrogen (secondary N) is 1. The third kappa shape index (κ3) is 3.04. The van der Waals surface area contributed by atoms with Gasteiger partial charge in [0.1, 0.15) is 5.75 Å². The first-order valence-corrected chi connectivity index (χ1v) is 8.63. The average molecular weight is 298 g/mol. The summed E-state index contributed by atoms with van der Waals surface area (Å²) in [7, 11) is 0. The predicted molar refractivity (Wildman–Crippen MR) is 82.4 cm³/mol. The first kappa shape index (κ1) is 13.6. The Labute approximate surface area is 124 Å². The number of thioether (sulfide) groups is 1. The Balaban J connectivity index is 1.64. The highest BCUT2D eigenvalue weighted by Gasteiger charge is 2.24. The molecule has 104 valence electrons. The van der Waals surface area contributed by atoms with Crippen LogP contribution in [-0.2, 0) is 13.0 Å². The maximum absolute atomic E-state index is 6.18. The van der Waals surface area contributed by atoms with Gasteiger partial charge in [-0.3, -0.25) is 0 Å². The van der Waals surface area contributed by atoms with Gasteiger partial charge in [-0.05, 0) is 43.2 Å².